The Morgan fingerprint density at radius 3 is 2.67 bits per heavy atom. The van der Waals surface area contributed by atoms with E-state index in [1.807, 2.05) is 0 Å². The van der Waals surface area contributed by atoms with Gasteiger partial charge in [-0.25, -0.2) is 4.79 Å². The maximum atomic E-state index is 11.2. The molecule has 0 aliphatic rings. The first-order valence-corrected chi connectivity index (χ1v) is 5.58. The molecule has 0 unspecified atom stereocenters. The van der Waals surface area contributed by atoms with Crippen LogP contribution in [0.15, 0.2) is 35.7 Å². The molecule has 0 aliphatic heterocycles. The maximum Gasteiger partial charge on any atom is 0.407 e. The van der Waals surface area contributed by atoms with Gasteiger partial charge in [-0.1, -0.05) is 6.08 Å². The Kier molecular flexibility index (Phi) is 5.72. The van der Waals surface area contributed by atoms with Crippen molar-refractivity contribution in [3.8, 4) is 0 Å². The molecule has 0 aliphatic carbocycles. The molecule has 18 heavy (non-hydrogen) atoms. The molecule has 0 spiro atoms. The Morgan fingerprint density at radius 1 is 1.44 bits per heavy atom. The molecule has 0 saturated heterocycles. The largest absolute Gasteiger partial charge is 0.445 e. The van der Waals surface area contributed by atoms with Crippen molar-refractivity contribution in [2.45, 2.75) is 6.61 Å². The highest BCUT2D eigenvalue weighted by molar-refractivity contribution is 7.83. The van der Waals surface area contributed by atoms with Crippen molar-refractivity contribution >= 4 is 24.4 Å². The van der Waals surface area contributed by atoms with Crippen LogP contribution in [0.5, 0.6) is 0 Å². The predicted octanol–water partition coefficient (Wildman–Crippen LogP) is 2.26. The molecule has 1 rings (SSSR count). The number of carbonyl (C=O) groups is 1. The van der Waals surface area contributed by atoms with Gasteiger partial charge in [0.25, 0.3) is 5.69 Å². The van der Waals surface area contributed by atoms with Crippen LogP contribution in [0.4, 0.5) is 10.5 Å². The van der Waals surface area contributed by atoms with Gasteiger partial charge >= 0.3 is 6.09 Å². The van der Waals surface area contributed by atoms with Gasteiger partial charge in [0.1, 0.15) is 6.61 Å². The highest BCUT2D eigenvalue weighted by Gasteiger charge is 2.05. The van der Waals surface area contributed by atoms with Crippen LogP contribution in [0.3, 0.4) is 0 Å². The van der Waals surface area contributed by atoms with Crippen molar-refractivity contribution in [2.75, 3.05) is 6.54 Å². The number of thiol groups is 1. The lowest BCUT2D eigenvalue weighted by Gasteiger charge is -2.05. The summed E-state index contributed by atoms with van der Waals surface area (Å²) in [6.07, 6.45) is 1.09. The summed E-state index contributed by atoms with van der Waals surface area (Å²) in [5, 5.41) is 14.4. The topological polar surface area (TPSA) is 81.5 Å². The molecule has 0 aromatic heterocycles. The number of benzene rings is 1. The van der Waals surface area contributed by atoms with Gasteiger partial charge in [0.2, 0.25) is 0 Å². The van der Waals surface area contributed by atoms with E-state index in [1.54, 1.807) is 18.2 Å². The van der Waals surface area contributed by atoms with Crippen molar-refractivity contribution in [3.05, 3.63) is 51.4 Å². The van der Waals surface area contributed by atoms with Gasteiger partial charge < -0.3 is 10.1 Å². The molecule has 1 aromatic carbocycles. The fraction of sp³-hybridized carbons (Fsp3) is 0.182. The van der Waals surface area contributed by atoms with Crippen LogP contribution in [0, 0.1) is 10.1 Å². The number of ether oxygens (including phenoxy) is 1. The summed E-state index contributed by atoms with van der Waals surface area (Å²) in [4.78, 5) is 21.1. The number of nitro benzene ring substituents is 1. The van der Waals surface area contributed by atoms with Crippen LogP contribution in [0.25, 0.3) is 0 Å². The molecular formula is C11H12N2O4S. The van der Waals surface area contributed by atoms with Crippen LogP contribution in [-0.2, 0) is 11.3 Å². The Hall–Kier alpha value is -2.02. The summed E-state index contributed by atoms with van der Waals surface area (Å²) in [5.74, 6) is 0. The molecule has 1 amide bonds. The molecule has 0 atom stereocenters. The van der Waals surface area contributed by atoms with Crippen molar-refractivity contribution in [3.63, 3.8) is 0 Å². The maximum absolute atomic E-state index is 11.2. The number of alkyl carbamates (subject to hydrolysis) is 1. The molecule has 0 fully saturated rings. The van der Waals surface area contributed by atoms with Crippen LogP contribution in [0.1, 0.15) is 5.56 Å². The van der Waals surface area contributed by atoms with E-state index in [1.165, 1.54) is 17.5 Å². The van der Waals surface area contributed by atoms with E-state index < -0.39 is 11.0 Å². The standard InChI is InChI=1S/C11H12N2O4S/c14-11(12-6-1-7-18)17-8-9-2-4-10(5-3-9)13(15)16/h1-5,7,18H,6,8H2,(H,12,14)/b7-1-. The predicted molar refractivity (Wildman–Crippen MR) is 69.4 cm³/mol. The van der Waals surface area contributed by atoms with Crippen LogP contribution >= 0.6 is 12.6 Å². The summed E-state index contributed by atoms with van der Waals surface area (Å²) in [5.41, 5.74) is 0.683. The van der Waals surface area contributed by atoms with Crippen LogP contribution < -0.4 is 5.32 Å². The highest BCUT2D eigenvalue weighted by atomic mass is 32.1. The Morgan fingerprint density at radius 2 is 2.11 bits per heavy atom. The van der Waals surface area contributed by atoms with Crippen LogP contribution in [0.2, 0.25) is 0 Å². The number of rotatable bonds is 5. The lowest BCUT2D eigenvalue weighted by atomic mass is 10.2. The average Bonchev–Trinajstić information content (AvgIpc) is 2.37. The minimum absolute atomic E-state index is 0.00196. The molecule has 0 heterocycles. The Labute approximate surface area is 109 Å². The second kappa shape index (κ2) is 7.33. The average molecular weight is 268 g/mol. The van der Waals surface area contributed by atoms with Gasteiger partial charge in [-0.15, -0.1) is 0 Å². The number of carbonyl (C=O) groups excluding carboxylic acids is 1. The third-order valence-electron chi connectivity index (χ3n) is 1.99. The number of non-ortho nitro benzene ring substituents is 1. The summed E-state index contributed by atoms with van der Waals surface area (Å²) in [6, 6.07) is 5.80. The number of nitrogens with one attached hydrogen (secondary N) is 1. The molecular weight excluding hydrogens is 256 g/mol. The van der Waals surface area contributed by atoms with Gasteiger partial charge in [0, 0.05) is 18.7 Å². The van der Waals surface area contributed by atoms with Gasteiger partial charge in [0.05, 0.1) is 4.92 Å². The van der Waals surface area contributed by atoms with E-state index in [0.717, 1.165) is 0 Å². The molecule has 6 nitrogen and oxygen atoms in total. The number of amides is 1. The SMILES string of the molecule is O=C(NC/C=C\S)OCc1ccc([N+](=O)[O-])cc1. The quantitative estimate of drug-likeness (QED) is 0.487. The summed E-state index contributed by atoms with van der Waals surface area (Å²) in [6.45, 7) is 0.400. The molecule has 1 N–H and O–H groups in total. The third kappa shape index (κ3) is 4.88. The van der Waals surface area contributed by atoms with Gasteiger partial charge in [-0.3, -0.25) is 10.1 Å². The van der Waals surface area contributed by atoms with E-state index in [4.69, 9.17) is 4.74 Å². The molecule has 7 heteroatoms. The molecule has 0 bridgehead atoms. The second-order valence-electron chi connectivity index (χ2n) is 3.27. The third-order valence-corrected chi connectivity index (χ3v) is 2.20. The monoisotopic (exact) mass is 268 g/mol. The first-order chi connectivity index (χ1) is 8.63. The van der Waals surface area contributed by atoms with E-state index in [9.17, 15) is 14.9 Å². The molecule has 1 aromatic rings. The van der Waals surface area contributed by atoms with Crippen LogP contribution in [-0.4, -0.2) is 17.6 Å². The first-order valence-electron chi connectivity index (χ1n) is 5.06. The highest BCUT2D eigenvalue weighted by Crippen LogP contribution is 2.12. The lowest BCUT2D eigenvalue weighted by molar-refractivity contribution is -0.384. The summed E-state index contributed by atoms with van der Waals surface area (Å²) < 4.78 is 4.90. The smallest absolute Gasteiger partial charge is 0.407 e. The second-order valence-corrected chi connectivity index (χ2v) is 3.56. The minimum atomic E-state index is -0.556. The summed E-state index contributed by atoms with van der Waals surface area (Å²) in [7, 11) is 0. The fourth-order valence-corrected chi connectivity index (χ4v) is 1.21. The zero-order chi connectivity index (χ0) is 13.4. The Balaban J connectivity index is 2.39. The van der Waals surface area contributed by atoms with Gasteiger partial charge in [-0.05, 0) is 23.1 Å². The van der Waals surface area contributed by atoms with Crippen molar-refractivity contribution in [2.24, 2.45) is 0 Å². The van der Waals surface area contributed by atoms with E-state index >= 15 is 0 Å². The zero-order valence-electron chi connectivity index (χ0n) is 9.41. The fourth-order valence-electron chi connectivity index (χ4n) is 1.11. The molecule has 0 radical (unpaired) electrons. The summed E-state index contributed by atoms with van der Waals surface area (Å²) >= 11 is 3.83. The van der Waals surface area contributed by atoms with Gasteiger partial charge in [-0.2, -0.15) is 12.6 Å². The van der Waals surface area contributed by atoms with Gasteiger partial charge in [0.15, 0.2) is 0 Å². The Bertz CT molecular complexity index is 445. The zero-order valence-corrected chi connectivity index (χ0v) is 10.3. The molecule has 96 valence electrons. The minimum Gasteiger partial charge on any atom is -0.445 e. The first kappa shape index (κ1) is 14.0. The van der Waals surface area contributed by atoms with E-state index in [-0.39, 0.29) is 12.3 Å². The number of hydrogen-bond donors (Lipinski definition) is 2. The van der Waals surface area contributed by atoms with Crippen molar-refractivity contribution < 1.29 is 14.5 Å². The van der Waals surface area contributed by atoms with E-state index in [2.05, 4.69) is 17.9 Å². The number of nitro groups is 1. The van der Waals surface area contributed by atoms with Crippen molar-refractivity contribution in [1.29, 1.82) is 0 Å². The molecule has 0 saturated carbocycles. The lowest BCUT2D eigenvalue weighted by Crippen LogP contribution is -2.24. The number of hydrogen-bond acceptors (Lipinski definition) is 5. The normalized spacial score (nSPS) is 10.3. The van der Waals surface area contributed by atoms with E-state index in [0.29, 0.717) is 12.1 Å². The number of nitrogens with zero attached hydrogens (tertiary/aromatic N) is 1. The van der Waals surface area contributed by atoms with Crippen molar-refractivity contribution in [1.82, 2.24) is 5.32 Å².